The Kier molecular flexibility index (Phi) is 5.36. The van der Waals surface area contributed by atoms with Crippen molar-refractivity contribution < 1.29 is 4.79 Å². The number of carbonyl (C=O) groups is 1. The molecule has 0 unspecified atom stereocenters. The standard InChI is InChI=1S/C15H18O/c1-3-4-5-6-14-9-11-15(12-10-14)8-7-13(2)16/h9-12H,3-6H2,1-2H3. The number of benzene rings is 1. The minimum Gasteiger partial charge on any atom is -0.285 e. The minimum absolute atomic E-state index is 0.0907. The largest absolute Gasteiger partial charge is 0.285 e. The lowest BCUT2D eigenvalue weighted by Gasteiger charge is -2.00. The van der Waals surface area contributed by atoms with Crippen LogP contribution in [0.3, 0.4) is 0 Å². The SMILES string of the molecule is CCCCCc1ccc(C#CC(C)=O)cc1. The topological polar surface area (TPSA) is 17.1 Å². The molecular formula is C15H18O. The Labute approximate surface area is 97.9 Å². The van der Waals surface area contributed by atoms with E-state index in [0.717, 1.165) is 12.0 Å². The molecule has 1 aromatic rings. The number of carbonyl (C=O) groups excluding carboxylic acids is 1. The van der Waals surface area contributed by atoms with Gasteiger partial charge in [-0.15, -0.1) is 0 Å². The fraction of sp³-hybridized carbons (Fsp3) is 0.400. The van der Waals surface area contributed by atoms with Crippen molar-refractivity contribution in [3.8, 4) is 11.8 Å². The van der Waals surface area contributed by atoms with E-state index in [-0.39, 0.29) is 5.78 Å². The molecule has 0 spiro atoms. The van der Waals surface area contributed by atoms with E-state index in [0.29, 0.717) is 0 Å². The van der Waals surface area contributed by atoms with Gasteiger partial charge in [-0.05, 0) is 36.5 Å². The fourth-order valence-corrected chi connectivity index (χ4v) is 1.49. The zero-order valence-electron chi connectivity index (χ0n) is 10.0. The highest BCUT2D eigenvalue weighted by Crippen LogP contribution is 2.08. The van der Waals surface area contributed by atoms with Gasteiger partial charge in [0.15, 0.2) is 0 Å². The smallest absolute Gasteiger partial charge is 0.202 e. The van der Waals surface area contributed by atoms with Crippen molar-refractivity contribution in [2.75, 3.05) is 0 Å². The first-order chi connectivity index (χ1) is 7.72. The number of Topliss-reactive ketones (excluding diaryl/α,β-unsaturated/α-hetero) is 1. The van der Waals surface area contributed by atoms with Gasteiger partial charge in [0.2, 0.25) is 5.78 Å². The molecule has 0 heterocycles. The Morgan fingerprint density at radius 3 is 2.44 bits per heavy atom. The number of hydrogen-bond donors (Lipinski definition) is 0. The molecule has 0 aliphatic carbocycles. The van der Waals surface area contributed by atoms with E-state index in [9.17, 15) is 4.79 Å². The van der Waals surface area contributed by atoms with Crippen molar-refractivity contribution in [3.05, 3.63) is 35.4 Å². The van der Waals surface area contributed by atoms with Crippen molar-refractivity contribution in [2.24, 2.45) is 0 Å². The maximum atomic E-state index is 10.7. The van der Waals surface area contributed by atoms with Crippen LogP contribution in [-0.4, -0.2) is 5.78 Å². The van der Waals surface area contributed by atoms with Gasteiger partial charge in [-0.25, -0.2) is 0 Å². The van der Waals surface area contributed by atoms with Crippen LogP contribution in [0.4, 0.5) is 0 Å². The monoisotopic (exact) mass is 214 g/mol. The Balaban J connectivity index is 2.55. The zero-order chi connectivity index (χ0) is 11.8. The average molecular weight is 214 g/mol. The van der Waals surface area contributed by atoms with Gasteiger partial charge in [0.1, 0.15) is 0 Å². The molecule has 0 radical (unpaired) electrons. The van der Waals surface area contributed by atoms with E-state index >= 15 is 0 Å². The van der Waals surface area contributed by atoms with Crippen molar-refractivity contribution in [2.45, 2.75) is 39.5 Å². The summed E-state index contributed by atoms with van der Waals surface area (Å²) in [6.45, 7) is 3.69. The molecule has 0 amide bonds. The van der Waals surface area contributed by atoms with Gasteiger partial charge in [0.25, 0.3) is 0 Å². The van der Waals surface area contributed by atoms with Crippen LogP contribution < -0.4 is 0 Å². The van der Waals surface area contributed by atoms with Gasteiger partial charge in [-0.3, -0.25) is 4.79 Å². The van der Waals surface area contributed by atoms with Crippen molar-refractivity contribution in [1.82, 2.24) is 0 Å². The first kappa shape index (κ1) is 12.5. The lowest BCUT2D eigenvalue weighted by atomic mass is 10.1. The molecule has 1 heteroatoms. The van der Waals surface area contributed by atoms with Crippen molar-refractivity contribution in [3.63, 3.8) is 0 Å². The van der Waals surface area contributed by atoms with E-state index in [1.807, 2.05) is 12.1 Å². The van der Waals surface area contributed by atoms with Crippen LogP contribution in [0.15, 0.2) is 24.3 Å². The Morgan fingerprint density at radius 1 is 1.19 bits per heavy atom. The number of unbranched alkanes of at least 4 members (excludes halogenated alkanes) is 2. The maximum absolute atomic E-state index is 10.7. The second-order valence-corrected chi connectivity index (χ2v) is 3.96. The molecule has 84 valence electrons. The van der Waals surface area contributed by atoms with E-state index in [2.05, 4.69) is 30.9 Å². The summed E-state index contributed by atoms with van der Waals surface area (Å²) >= 11 is 0. The van der Waals surface area contributed by atoms with Crippen LogP contribution in [0.5, 0.6) is 0 Å². The third-order valence-corrected chi connectivity index (χ3v) is 2.41. The Bertz CT molecular complexity index is 390. The fourth-order valence-electron chi connectivity index (χ4n) is 1.49. The lowest BCUT2D eigenvalue weighted by molar-refractivity contribution is -0.111. The molecule has 0 atom stereocenters. The minimum atomic E-state index is -0.0907. The van der Waals surface area contributed by atoms with Crippen LogP contribution in [0.2, 0.25) is 0 Å². The van der Waals surface area contributed by atoms with Gasteiger partial charge < -0.3 is 0 Å². The van der Waals surface area contributed by atoms with Crippen LogP contribution in [0.1, 0.15) is 44.2 Å². The summed E-state index contributed by atoms with van der Waals surface area (Å²) in [7, 11) is 0. The average Bonchev–Trinajstić information content (AvgIpc) is 2.28. The highest BCUT2D eigenvalue weighted by atomic mass is 16.1. The van der Waals surface area contributed by atoms with Gasteiger partial charge in [0, 0.05) is 12.5 Å². The van der Waals surface area contributed by atoms with Crippen LogP contribution in [0.25, 0.3) is 0 Å². The van der Waals surface area contributed by atoms with Crippen molar-refractivity contribution in [1.29, 1.82) is 0 Å². The third-order valence-electron chi connectivity index (χ3n) is 2.41. The second kappa shape index (κ2) is 6.85. The maximum Gasteiger partial charge on any atom is 0.202 e. The van der Waals surface area contributed by atoms with Crippen molar-refractivity contribution >= 4 is 5.78 Å². The Hall–Kier alpha value is -1.55. The van der Waals surface area contributed by atoms with Crippen LogP contribution >= 0.6 is 0 Å². The predicted octanol–water partition coefficient (Wildman–Crippen LogP) is 3.36. The molecule has 0 aliphatic heterocycles. The number of rotatable bonds is 4. The summed E-state index contributed by atoms with van der Waals surface area (Å²) in [6.07, 6.45) is 4.91. The molecule has 0 bridgehead atoms. The quantitative estimate of drug-likeness (QED) is 0.555. The molecule has 16 heavy (non-hydrogen) atoms. The molecule has 0 aromatic heterocycles. The zero-order valence-corrected chi connectivity index (χ0v) is 10.0. The second-order valence-electron chi connectivity index (χ2n) is 3.96. The molecule has 0 fully saturated rings. The Morgan fingerprint density at radius 2 is 1.88 bits per heavy atom. The molecule has 0 N–H and O–H groups in total. The molecule has 1 nitrogen and oxygen atoms in total. The molecule has 1 aromatic carbocycles. The van der Waals surface area contributed by atoms with Crippen LogP contribution in [0, 0.1) is 11.8 Å². The number of hydrogen-bond acceptors (Lipinski definition) is 1. The molecule has 0 saturated carbocycles. The molecule has 0 aliphatic rings. The normalized spacial score (nSPS) is 9.38. The van der Waals surface area contributed by atoms with Gasteiger partial charge in [-0.1, -0.05) is 37.8 Å². The first-order valence-corrected chi connectivity index (χ1v) is 5.84. The highest BCUT2D eigenvalue weighted by molar-refractivity contribution is 5.93. The third kappa shape index (κ3) is 4.79. The summed E-state index contributed by atoms with van der Waals surface area (Å²) in [4.78, 5) is 10.7. The van der Waals surface area contributed by atoms with Crippen LogP contribution in [-0.2, 0) is 11.2 Å². The first-order valence-electron chi connectivity index (χ1n) is 5.84. The van der Waals surface area contributed by atoms with E-state index < -0.39 is 0 Å². The molecular weight excluding hydrogens is 196 g/mol. The summed E-state index contributed by atoms with van der Waals surface area (Å²) in [6, 6.07) is 8.16. The predicted molar refractivity (Wildman–Crippen MR) is 67.2 cm³/mol. The lowest BCUT2D eigenvalue weighted by Crippen LogP contribution is -1.86. The van der Waals surface area contributed by atoms with E-state index in [4.69, 9.17) is 0 Å². The van der Waals surface area contributed by atoms with E-state index in [1.165, 1.54) is 31.7 Å². The molecule has 1 rings (SSSR count). The number of ketones is 1. The van der Waals surface area contributed by atoms with Gasteiger partial charge in [0.05, 0.1) is 0 Å². The van der Waals surface area contributed by atoms with Gasteiger partial charge >= 0.3 is 0 Å². The summed E-state index contributed by atoms with van der Waals surface area (Å²) < 4.78 is 0. The summed E-state index contributed by atoms with van der Waals surface area (Å²) in [5.41, 5.74) is 2.26. The highest BCUT2D eigenvalue weighted by Gasteiger charge is 1.93. The van der Waals surface area contributed by atoms with E-state index in [1.54, 1.807) is 0 Å². The van der Waals surface area contributed by atoms with Gasteiger partial charge in [-0.2, -0.15) is 0 Å². The molecule has 0 saturated heterocycles. The summed E-state index contributed by atoms with van der Waals surface area (Å²) in [5, 5.41) is 0. The number of aryl methyl sites for hydroxylation is 1. The summed E-state index contributed by atoms with van der Waals surface area (Å²) in [5.74, 6) is 5.29.